The lowest BCUT2D eigenvalue weighted by molar-refractivity contribution is -0.138. The van der Waals surface area contributed by atoms with Crippen LogP contribution in [0.3, 0.4) is 0 Å². The number of rotatable bonds is 6. The van der Waals surface area contributed by atoms with Crippen molar-refractivity contribution in [1.29, 1.82) is 0 Å². The lowest BCUT2D eigenvalue weighted by atomic mass is 9.73. The van der Waals surface area contributed by atoms with E-state index in [1.54, 1.807) is 0 Å². The average molecular weight is 525 g/mol. The van der Waals surface area contributed by atoms with Gasteiger partial charge < -0.3 is 10.2 Å². The molecule has 5 aliphatic heterocycles. The van der Waals surface area contributed by atoms with Gasteiger partial charge in [0, 0.05) is 35.6 Å². The average Bonchev–Trinajstić information content (AvgIpc) is 3.51. The molecule has 0 aromatic heterocycles. The second-order valence-electron chi connectivity index (χ2n) is 11.1. The van der Waals surface area contributed by atoms with Gasteiger partial charge in [-0.05, 0) is 92.4 Å². The summed E-state index contributed by atoms with van der Waals surface area (Å²) in [6, 6.07) is 0. The molecule has 5 aliphatic rings. The lowest BCUT2D eigenvalue weighted by Gasteiger charge is -2.28. The molecule has 2 N–H and O–H groups in total. The van der Waals surface area contributed by atoms with Crippen LogP contribution >= 0.6 is 0 Å². The van der Waals surface area contributed by atoms with Crippen LogP contribution in [0, 0.1) is 11.3 Å². The molecule has 200 valence electrons. The number of aliphatic carboxylic acids is 2. The third kappa shape index (κ3) is 5.11. The maximum atomic E-state index is 11.5. The van der Waals surface area contributed by atoms with Crippen molar-refractivity contribution in [2.45, 2.75) is 60.3 Å². The van der Waals surface area contributed by atoms with E-state index < -0.39 is 17.4 Å². The number of aliphatic imine (C=N–C) groups is 4. The van der Waals surface area contributed by atoms with Crippen LogP contribution in [0.1, 0.15) is 60.3 Å². The first-order chi connectivity index (χ1) is 18.4. The first-order valence-corrected chi connectivity index (χ1v) is 13.2. The van der Waals surface area contributed by atoms with Crippen LogP contribution in [0.5, 0.6) is 0 Å². The minimum Gasteiger partial charge on any atom is -0.481 e. The number of carboxylic acid groups (broad SMARTS) is 2. The molecule has 0 fully saturated rings. The molecule has 0 saturated carbocycles. The van der Waals surface area contributed by atoms with Gasteiger partial charge in [0.25, 0.3) is 0 Å². The molecule has 8 nitrogen and oxygen atoms in total. The van der Waals surface area contributed by atoms with Crippen LogP contribution in [0.15, 0.2) is 102 Å². The van der Waals surface area contributed by atoms with E-state index in [9.17, 15) is 19.8 Å². The third-order valence-electron chi connectivity index (χ3n) is 7.92. The van der Waals surface area contributed by atoms with Gasteiger partial charge in [-0.2, -0.15) is 0 Å². The van der Waals surface area contributed by atoms with E-state index in [4.69, 9.17) is 20.0 Å². The van der Waals surface area contributed by atoms with Crippen LogP contribution in [0.4, 0.5) is 0 Å². The monoisotopic (exact) mass is 524 g/mol. The summed E-state index contributed by atoms with van der Waals surface area (Å²) in [4.78, 5) is 42.6. The van der Waals surface area contributed by atoms with E-state index in [-0.39, 0.29) is 18.8 Å². The number of hydrogen-bond donors (Lipinski definition) is 2. The fraction of sp³-hybridized carbons (Fsp3) is 0.355. The highest BCUT2D eigenvalue weighted by Crippen LogP contribution is 2.46. The Bertz CT molecular complexity index is 1550. The maximum Gasteiger partial charge on any atom is 0.303 e. The predicted octanol–water partition coefficient (Wildman–Crippen LogP) is 5.94. The molecule has 0 aromatic rings. The van der Waals surface area contributed by atoms with Gasteiger partial charge in [0.05, 0.1) is 34.2 Å². The van der Waals surface area contributed by atoms with Crippen LogP contribution in [0.2, 0.25) is 0 Å². The van der Waals surface area contributed by atoms with E-state index in [1.165, 1.54) is 0 Å². The first-order valence-electron chi connectivity index (χ1n) is 13.2. The summed E-state index contributed by atoms with van der Waals surface area (Å²) in [6.07, 6.45) is 12.6. The van der Waals surface area contributed by atoms with Crippen LogP contribution < -0.4 is 0 Å². The second-order valence-corrected chi connectivity index (χ2v) is 11.1. The fourth-order valence-corrected chi connectivity index (χ4v) is 5.57. The molecular weight excluding hydrogens is 492 g/mol. The van der Waals surface area contributed by atoms with Crippen LogP contribution in [0.25, 0.3) is 0 Å². The third-order valence-corrected chi connectivity index (χ3v) is 7.92. The zero-order chi connectivity index (χ0) is 28.1. The number of hydrogen-bond acceptors (Lipinski definition) is 6. The molecule has 0 aromatic carbocycles. The van der Waals surface area contributed by atoms with Crippen molar-refractivity contribution in [3.8, 4) is 0 Å². The van der Waals surface area contributed by atoms with Gasteiger partial charge in [0.15, 0.2) is 0 Å². The molecule has 0 radical (unpaired) electrons. The number of carboxylic acids is 2. The Balaban J connectivity index is 1.71. The van der Waals surface area contributed by atoms with Crippen molar-refractivity contribution in [3.63, 3.8) is 0 Å². The molecule has 5 heterocycles. The minimum absolute atomic E-state index is 0.0173. The molecule has 8 bridgehead atoms. The van der Waals surface area contributed by atoms with Gasteiger partial charge in [0.1, 0.15) is 0 Å². The van der Waals surface area contributed by atoms with Crippen LogP contribution in [-0.2, 0) is 9.59 Å². The van der Waals surface area contributed by atoms with Crippen molar-refractivity contribution in [2.24, 2.45) is 31.3 Å². The lowest BCUT2D eigenvalue weighted by Crippen LogP contribution is -2.26. The molecule has 0 amide bonds. The van der Waals surface area contributed by atoms with Crippen molar-refractivity contribution >= 4 is 34.8 Å². The van der Waals surface area contributed by atoms with Crippen molar-refractivity contribution in [3.05, 3.63) is 81.5 Å². The molecule has 0 saturated heterocycles. The van der Waals surface area contributed by atoms with Crippen molar-refractivity contribution in [2.75, 3.05) is 0 Å². The van der Waals surface area contributed by atoms with Crippen molar-refractivity contribution in [1.82, 2.24) is 0 Å². The zero-order valence-corrected chi connectivity index (χ0v) is 22.9. The normalized spacial score (nSPS) is 23.2. The van der Waals surface area contributed by atoms with E-state index in [0.717, 1.165) is 62.2 Å². The number of fused-ring (bicyclic) bond motifs is 4. The summed E-state index contributed by atoms with van der Waals surface area (Å²) in [5.74, 6) is -1.89. The number of nitrogens with zero attached hydrogens (tertiary/aromatic N) is 4. The SMILES string of the molecule is CC1=CC2=CC3=NC(=CC4=NC(=CC5=NC(=CC1=N2)C=C5C)C(C)(C)C4CCC(=O)O)C(CCC(=O)O)=C3C. The highest BCUT2D eigenvalue weighted by Gasteiger charge is 2.42. The molecular formula is C31H32N4O4. The molecule has 5 rings (SSSR count). The number of carbonyl (C=O) groups is 2. The minimum atomic E-state index is -0.875. The van der Waals surface area contributed by atoms with E-state index in [0.29, 0.717) is 18.5 Å². The van der Waals surface area contributed by atoms with E-state index in [1.807, 2.05) is 57.2 Å². The quantitative estimate of drug-likeness (QED) is 0.446. The summed E-state index contributed by atoms with van der Waals surface area (Å²) >= 11 is 0. The van der Waals surface area contributed by atoms with Gasteiger partial charge in [0.2, 0.25) is 0 Å². The maximum absolute atomic E-state index is 11.5. The largest absolute Gasteiger partial charge is 0.481 e. The Labute approximate surface area is 227 Å². The standard InChI is InChI=1S/C31H32N4O4/c1-16-10-20-13-25-18(3)21(6-8-29(36)37)26(34-25)14-27-22(7-9-30(38)39)31(4,5)28(35-27)15-24-17(2)11-19(33-24)12-23(16)32-20/h10-15,22H,6-9H2,1-5H3,(H,36,37)(H,38,39). The van der Waals surface area contributed by atoms with Gasteiger partial charge in [-0.15, -0.1) is 0 Å². The van der Waals surface area contributed by atoms with Gasteiger partial charge in [-0.1, -0.05) is 13.8 Å². The predicted molar refractivity (Wildman–Crippen MR) is 153 cm³/mol. The summed E-state index contributed by atoms with van der Waals surface area (Å²) in [7, 11) is 0. The molecule has 0 spiro atoms. The molecule has 1 unspecified atom stereocenters. The molecule has 1 atom stereocenters. The molecule has 8 heteroatoms. The van der Waals surface area contributed by atoms with Gasteiger partial charge in [-0.25, -0.2) is 15.0 Å². The summed E-state index contributed by atoms with van der Waals surface area (Å²) < 4.78 is 0. The summed E-state index contributed by atoms with van der Waals surface area (Å²) in [6.45, 7) is 10.2. The highest BCUT2D eigenvalue weighted by molar-refractivity contribution is 6.17. The Morgan fingerprint density at radius 1 is 0.769 bits per heavy atom. The summed E-state index contributed by atoms with van der Waals surface area (Å²) in [5, 5.41) is 18.9. The Hall–Kier alpha value is -4.20. The zero-order valence-electron chi connectivity index (χ0n) is 22.9. The Kier molecular flexibility index (Phi) is 6.66. The van der Waals surface area contributed by atoms with E-state index >= 15 is 0 Å². The smallest absolute Gasteiger partial charge is 0.303 e. The Morgan fingerprint density at radius 2 is 1.36 bits per heavy atom. The fourth-order valence-electron chi connectivity index (χ4n) is 5.57. The van der Waals surface area contributed by atoms with Crippen LogP contribution in [-0.4, -0.2) is 45.0 Å². The first kappa shape index (κ1) is 26.4. The molecule has 39 heavy (non-hydrogen) atoms. The van der Waals surface area contributed by atoms with Crippen molar-refractivity contribution < 1.29 is 19.8 Å². The highest BCUT2D eigenvalue weighted by atomic mass is 16.4. The van der Waals surface area contributed by atoms with Gasteiger partial charge in [-0.3, -0.25) is 14.6 Å². The topological polar surface area (TPSA) is 124 Å². The van der Waals surface area contributed by atoms with Gasteiger partial charge >= 0.3 is 11.9 Å². The molecule has 0 aliphatic carbocycles. The van der Waals surface area contributed by atoms with E-state index in [2.05, 4.69) is 13.8 Å². The summed E-state index contributed by atoms with van der Waals surface area (Å²) in [5.41, 5.74) is 9.60. The Morgan fingerprint density at radius 3 is 1.97 bits per heavy atom. The number of allylic oxidation sites excluding steroid dienone is 11. The second kappa shape index (κ2) is 9.84.